The fourth-order valence-electron chi connectivity index (χ4n) is 2.15. The van der Waals surface area contributed by atoms with Crippen molar-refractivity contribution in [3.8, 4) is 11.5 Å². The molecule has 28 heavy (non-hydrogen) atoms. The van der Waals surface area contributed by atoms with E-state index in [0.717, 1.165) is 15.8 Å². The first-order valence-electron chi connectivity index (χ1n) is 8.56. The highest BCUT2D eigenvalue weighted by Crippen LogP contribution is 2.15. The lowest BCUT2D eigenvalue weighted by atomic mass is 10.2. The third-order valence-corrected chi connectivity index (χ3v) is 4.15. The molecule has 0 radical (unpaired) electrons. The molecule has 2 N–H and O–H groups in total. The number of hydrogen-bond acceptors (Lipinski definition) is 5. The van der Waals surface area contributed by atoms with Crippen molar-refractivity contribution in [3.05, 3.63) is 58.6 Å². The molecule has 0 aliphatic rings. The molecule has 0 aromatic heterocycles. The fraction of sp³-hybridized carbons (Fsp3) is 0.250. The van der Waals surface area contributed by atoms with Crippen LogP contribution in [0.2, 0.25) is 0 Å². The van der Waals surface area contributed by atoms with Crippen LogP contribution in [0.1, 0.15) is 18.9 Å². The molecule has 2 aromatic carbocycles. The van der Waals surface area contributed by atoms with Crippen molar-refractivity contribution in [1.29, 1.82) is 0 Å². The minimum atomic E-state index is -0.402. The van der Waals surface area contributed by atoms with Crippen LogP contribution in [0.15, 0.2) is 58.1 Å². The lowest BCUT2D eigenvalue weighted by molar-refractivity contribution is -0.123. The first-order chi connectivity index (χ1) is 13.5. The Hall–Kier alpha value is -2.87. The summed E-state index contributed by atoms with van der Waals surface area (Å²) in [5, 5.41) is 6.72. The van der Waals surface area contributed by atoms with Crippen LogP contribution in [0.5, 0.6) is 11.5 Å². The van der Waals surface area contributed by atoms with Crippen LogP contribution in [-0.4, -0.2) is 31.2 Å². The molecule has 0 unspecified atom stereocenters. The average Bonchev–Trinajstić information content (AvgIpc) is 2.70. The molecule has 0 bridgehead atoms. The van der Waals surface area contributed by atoms with Gasteiger partial charge in [-0.25, -0.2) is 5.43 Å². The number of amides is 2. The lowest BCUT2D eigenvalue weighted by Crippen LogP contribution is -2.28. The van der Waals surface area contributed by atoms with E-state index in [-0.39, 0.29) is 18.9 Å². The van der Waals surface area contributed by atoms with Gasteiger partial charge in [-0.1, -0.05) is 28.1 Å². The van der Waals surface area contributed by atoms with Crippen LogP contribution in [0.25, 0.3) is 0 Å². The largest absolute Gasteiger partial charge is 0.497 e. The molecule has 0 fully saturated rings. The SMILES string of the molecule is COc1ccc(CNC(=O)CC(C)=NNC(=O)COc2ccc(Br)cc2)cc1. The molecule has 0 saturated heterocycles. The Kier molecular flexibility index (Phi) is 8.48. The van der Waals surface area contributed by atoms with Gasteiger partial charge in [0, 0.05) is 16.7 Å². The zero-order valence-corrected chi connectivity index (χ0v) is 17.3. The second-order valence-corrected chi connectivity index (χ2v) is 6.84. The van der Waals surface area contributed by atoms with Gasteiger partial charge in [-0.2, -0.15) is 5.10 Å². The smallest absolute Gasteiger partial charge is 0.277 e. The van der Waals surface area contributed by atoms with Gasteiger partial charge in [-0.3, -0.25) is 9.59 Å². The molecule has 0 saturated carbocycles. The van der Waals surface area contributed by atoms with E-state index < -0.39 is 5.91 Å². The van der Waals surface area contributed by atoms with Gasteiger partial charge in [0.1, 0.15) is 11.5 Å². The molecular weight excluding hydrogens is 426 g/mol. The van der Waals surface area contributed by atoms with E-state index in [1.165, 1.54) is 0 Å². The molecule has 8 heteroatoms. The van der Waals surface area contributed by atoms with Gasteiger partial charge in [-0.05, 0) is 48.9 Å². The van der Waals surface area contributed by atoms with Gasteiger partial charge in [0.25, 0.3) is 5.91 Å². The van der Waals surface area contributed by atoms with Gasteiger partial charge in [-0.15, -0.1) is 0 Å². The predicted octanol–water partition coefficient (Wildman–Crippen LogP) is 3.04. The Morgan fingerprint density at radius 1 is 1.00 bits per heavy atom. The summed E-state index contributed by atoms with van der Waals surface area (Å²) in [5.41, 5.74) is 3.83. The molecule has 2 amide bonds. The summed E-state index contributed by atoms with van der Waals surface area (Å²) in [6.07, 6.45) is 0.0873. The van der Waals surface area contributed by atoms with E-state index in [9.17, 15) is 9.59 Å². The second-order valence-electron chi connectivity index (χ2n) is 5.93. The number of ether oxygens (including phenoxy) is 2. The highest BCUT2D eigenvalue weighted by molar-refractivity contribution is 9.10. The Bertz CT molecular complexity index is 820. The van der Waals surface area contributed by atoms with E-state index in [0.29, 0.717) is 18.0 Å². The number of halogens is 1. The Morgan fingerprint density at radius 2 is 1.64 bits per heavy atom. The first kappa shape index (κ1) is 21.4. The zero-order chi connectivity index (χ0) is 20.4. The van der Waals surface area contributed by atoms with Gasteiger partial charge in [0.2, 0.25) is 5.91 Å². The van der Waals surface area contributed by atoms with Crippen molar-refractivity contribution in [1.82, 2.24) is 10.7 Å². The summed E-state index contributed by atoms with van der Waals surface area (Å²) < 4.78 is 11.4. The maximum absolute atomic E-state index is 12.0. The maximum atomic E-state index is 12.0. The van der Waals surface area contributed by atoms with Crippen LogP contribution in [0, 0.1) is 0 Å². The summed E-state index contributed by atoms with van der Waals surface area (Å²) in [5.74, 6) is 0.758. The number of nitrogens with one attached hydrogen (secondary N) is 2. The predicted molar refractivity (Wildman–Crippen MR) is 110 cm³/mol. The van der Waals surface area contributed by atoms with Gasteiger partial charge < -0.3 is 14.8 Å². The van der Waals surface area contributed by atoms with E-state index >= 15 is 0 Å². The Labute approximate surface area is 172 Å². The van der Waals surface area contributed by atoms with E-state index in [2.05, 4.69) is 31.8 Å². The second kappa shape index (κ2) is 11.1. The van der Waals surface area contributed by atoms with E-state index in [1.54, 1.807) is 26.2 Å². The topological polar surface area (TPSA) is 89.0 Å². The highest BCUT2D eigenvalue weighted by atomic mass is 79.9. The number of benzene rings is 2. The molecule has 2 rings (SSSR count). The summed E-state index contributed by atoms with van der Waals surface area (Å²) in [4.78, 5) is 23.7. The third-order valence-electron chi connectivity index (χ3n) is 3.62. The summed E-state index contributed by atoms with van der Waals surface area (Å²) in [6.45, 7) is 1.91. The van der Waals surface area contributed by atoms with E-state index in [1.807, 2.05) is 36.4 Å². The van der Waals surface area contributed by atoms with Gasteiger partial charge in [0.05, 0.1) is 13.5 Å². The summed E-state index contributed by atoms with van der Waals surface area (Å²) >= 11 is 3.33. The first-order valence-corrected chi connectivity index (χ1v) is 9.35. The molecule has 0 aliphatic heterocycles. The molecule has 7 nitrogen and oxygen atoms in total. The maximum Gasteiger partial charge on any atom is 0.277 e. The van der Waals surface area contributed by atoms with E-state index in [4.69, 9.17) is 9.47 Å². The number of nitrogens with zero attached hydrogens (tertiary/aromatic N) is 1. The number of methoxy groups -OCH3 is 1. The van der Waals surface area contributed by atoms with Crippen molar-refractivity contribution < 1.29 is 19.1 Å². The molecular formula is C20H22BrN3O4. The van der Waals surface area contributed by atoms with Crippen molar-refractivity contribution in [2.75, 3.05) is 13.7 Å². The quantitative estimate of drug-likeness (QED) is 0.456. The molecule has 0 heterocycles. The molecule has 0 atom stereocenters. The monoisotopic (exact) mass is 447 g/mol. The molecule has 0 spiro atoms. The number of hydrogen-bond donors (Lipinski definition) is 2. The van der Waals surface area contributed by atoms with Crippen LogP contribution in [-0.2, 0) is 16.1 Å². The number of carbonyl (C=O) groups is 2. The highest BCUT2D eigenvalue weighted by Gasteiger charge is 2.06. The van der Waals surface area contributed by atoms with Crippen molar-refractivity contribution in [3.63, 3.8) is 0 Å². The Balaban J connectivity index is 1.69. The number of hydrazone groups is 1. The number of carbonyl (C=O) groups excluding carboxylic acids is 2. The minimum Gasteiger partial charge on any atom is -0.497 e. The number of rotatable bonds is 9. The van der Waals surface area contributed by atoms with Gasteiger partial charge >= 0.3 is 0 Å². The zero-order valence-electron chi connectivity index (χ0n) is 15.7. The van der Waals surface area contributed by atoms with Crippen molar-refractivity contribution >= 4 is 33.5 Å². The van der Waals surface area contributed by atoms with Crippen LogP contribution >= 0.6 is 15.9 Å². The fourth-order valence-corrected chi connectivity index (χ4v) is 2.41. The lowest BCUT2D eigenvalue weighted by Gasteiger charge is -2.07. The molecule has 148 valence electrons. The third kappa shape index (κ3) is 7.79. The molecule has 0 aliphatic carbocycles. The molecule has 2 aromatic rings. The normalized spacial score (nSPS) is 10.9. The van der Waals surface area contributed by atoms with Crippen molar-refractivity contribution in [2.24, 2.45) is 5.10 Å². The van der Waals surface area contributed by atoms with Crippen molar-refractivity contribution in [2.45, 2.75) is 19.9 Å². The minimum absolute atomic E-state index is 0.0873. The van der Waals surface area contributed by atoms with Gasteiger partial charge in [0.15, 0.2) is 6.61 Å². The average molecular weight is 448 g/mol. The summed E-state index contributed by atoms with van der Waals surface area (Å²) in [6, 6.07) is 14.6. The van der Waals surface area contributed by atoms with Crippen LogP contribution in [0.3, 0.4) is 0 Å². The summed E-state index contributed by atoms with van der Waals surface area (Å²) in [7, 11) is 1.60. The van der Waals surface area contributed by atoms with Crippen LogP contribution < -0.4 is 20.2 Å². The van der Waals surface area contributed by atoms with Crippen LogP contribution in [0.4, 0.5) is 0 Å². The standard InChI is InChI=1S/C20H22BrN3O4/c1-14(11-19(25)22-12-15-3-7-17(27-2)8-4-15)23-24-20(26)13-28-18-9-5-16(21)6-10-18/h3-10H,11-13H2,1-2H3,(H,22,25)(H,24,26). The Morgan fingerprint density at radius 3 is 2.29 bits per heavy atom.